The number of nitrogens with one attached hydrogen (secondary N) is 2. The van der Waals surface area contributed by atoms with Gasteiger partial charge in [0.1, 0.15) is 16.5 Å². The smallest absolute Gasteiger partial charge is 0.287 e. The predicted molar refractivity (Wildman–Crippen MR) is 94.5 cm³/mol. The zero-order chi connectivity index (χ0) is 18.9. The molecule has 0 bridgehead atoms. The van der Waals surface area contributed by atoms with E-state index in [9.17, 15) is 17.2 Å². The molecule has 0 unspecified atom stereocenters. The van der Waals surface area contributed by atoms with Crippen LogP contribution in [0.1, 0.15) is 6.92 Å². The maximum absolute atomic E-state index is 13.6. The second-order valence-electron chi connectivity index (χ2n) is 5.80. The topological polar surface area (TPSA) is 79.8 Å². The minimum atomic E-state index is -3.96. The van der Waals surface area contributed by atoms with Crippen molar-refractivity contribution >= 4 is 21.7 Å². The Morgan fingerprint density at radius 1 is 1.23 bits per heavy atom. The standard InChI is InChI=1S/C17H17F2N3O3S/c1-10(25-2)9-20-17-21-16-14(11-6-12(18)8-13(19)7-11)4-3-5-15(16)26(23,24)22-17/h3-8,10H,9H2,1-2H3,(H2,20,21,22)/t10-/m1/s1. The summed E-state index contributed by atoms with van der Waals surface area (Å²) in [4.78, 5) is -0.0648. The van der Waals surface area contributed by atoms with Crippen LogP contribution in [0.25, 0.3) is 11.1 Å². The first kappa shape index (κ1) is 18.3. The fourth-order valence-corrected chi connectivity index (χ4v) is 3.65. The van der Waals surface area contributed by atoms with Crippen molar-refractivity contribution in [1.29, 1.82) is 0 Å². The van der Waals surface area contributed by atoms with Gasteiger partial charge in [0.25, 0.3) is 10.0 Å². The summed E-state index contributed by atoms with van der Waals surface area (Å²) in [6.07, 6.45) is -0.170. The van der Waals surface area contributed by atoms with Crippen LogP contribution in [0.2, 0.25) is 0 Å². The Labute approximate surface area is 150 Å². The number of nitrogens with zero attached hydrogens (tertiary/aromatic N) is 1. The number of benzene rings is 2. The van der Waals surface area contributed by atoms with Crippen LogP contribution >= 0.6 is 0 Å². The van der Waals surface area contributed by atoms with Crippen LogP contribution in [0.4, 0.5) is 14.5 Å². The Balaban J connectivity index is 2.05. The van der Waals surface area contributed by atoms with Gasteiger partial charge in [-0.15, -0.1) is 4.40 Å². The number of fused-ring (bicyclic) bond motifs is 1. The normalized spacial score (nSPS) is 16.2. The molecule has 0 saturated carbocycles. The molecular weight excluding hydrogens is 364 g/mol. The molecule has 0 amide bonds. The number of sulfonamides is 1. The average Bonchev–Trinajstić information content (AvgIpc) is 2.57. The lowest BCUT2D eigenvalue weighted by molar-refractivity contribution is 0.121. The second-order valence-corrected chi connectivity index (χ2v) is 7.38. The molecule has 3 rings (SSSR count). The number of rotatable bonds is 4. The lowest BCUT2D eigenvalue weighted by Crippen LogP contribution is -2.39. The minimum Gasteiger partial charge on any atom is -0.380 e. The van der Waals surface area contributed by atoms with Gasteiger partial charge in [-0.25, -0.2) is 8.78 Å². The predicted octanol–water partition coefficient (Wildman–Crippen LogP) is 2.73. The molecule has 2 aromatic carbocycles. The van der Waals surface area contributed by atoms with Gasteiger partial charge < -0.3 is 15.4 Å². The van der Waals surface area contributed by atoms with Gasteiger partial charge in [-0.3, -0.25) is 0 Å². The third kappa shape index (κ3) is 3.68. The summed E-state index contributed by atoms with van der Waals surface area (Å²) in [5, 5.41) is 5.75. The summed E-state index contributed by atoms with van der Waals surface area (Å²) in [6, 6.07) is 7.49. The monoisotopic (exact) mass is 381 g/mol. The highest BCUT2D eigenvalue weighted by atomic mass is 32.2. The van der Waals surface area contributed by atoms with E-state index in [1.165, 1.54) is 19.2 Å². The molecule has 2 aromatic rings. The van der Waals surface area contributed by atoms with Gasteiger partial charge in [-0.1, -0.05) is 12.1 Å². The second kappa shape index (κ2) is 7.00. The first-order valence-corrected chi connectivity index (χ1v) is 9.22. The van der Waals surface area contributed by atoms with Crippen molar-refractivity contribution in [2.45, 2.75) is 17.9 Å². The molecule has 0 radical (unpaired) electrons. The van der Waals surface area contributed by atoms with E-state index < -0.39 is 21.7 Å². The van der Waals surface area contributed by atoms with Crippen molar-refractivity contribution in [2.24, 2.45) is 4.40 Å². The van der Waals surface area contributed by atoms with E-state index in [0.717, 1.165) is 18.2 Å². The number of para-hydroxylation sites is 1. The first-order valence-electron chi connectivity index (χ1n) is 7.78. The molecule has 0 fully saturated rings. The Morgan fingerprint density at radius 3 is 2.58 bits per heavy atom. The minimum absolute atomic E-state index is 0.0192. The Morgan fingerprint density at radius 2 is 1.92 bits per heavy atom. The number of methoxy groups -OCH3 is 1. The molecular formula is C17H17F2N3O3S. The molecule has 1 atom stereocenters. The maximum Gasteiger partial charge on any atom is 0.287 e. The Bertz CT molecular complexity index is 957. The number of hydrogen-bond acceptors (Lipinski definition) is 5. The molecule has 138 valence electrons. The van der Waals surface area contributed by atoms with Crippen molar-refractivity contribution < 1.29 is 21.9 Å². The van der Waals surface area contributed by atoms with Crippen LogP contribution in [0.5, 0.6) is 0 Å². The molecule has 0 saturated heterocycles. The Kier molecular flexibility index (Phi) is 4.92. The zero-order valence-corrected chi connectivity index (χ0v) is 14.9. The van der Waals surface area contributed by atoms with Gasteiger partial charge in [-0.2, -0.15) is 8.42 Å². The fourth-order valence-electron chi connectivity index (χ4n) is 2.54. The summed E-state index contributed by atoms with van der Waals surface area (Å²) in [5.74, 6) is -1.49. The van der Waals surface area contributed by atoms with Gasteiger partial charge >= 0.3 is 0 Å². The maximum atomic E-state index is 13.6. The van der Waals surface area contributed by atoms with E-state index in [2.05, 4.69) is 15.0 Å². The highest BCUT2D eigenvalue weighted by Gasteiger charge is 2.27. The summed E-state index contributed by atoms with van der Waals surface area (Å²) >= 11 is 0. The summed E-state index contributed by atoms with van der Waals surface area (Å²) in [7, 11) is -2.43. The van der Waals surface area contributed by atoms with E-state index in [0.29, 0.717) is 12.1 Å². The molecule has 9 heteroatoms. The van der Waals surface area contributed by atoms with E-state index in [1.54, 1.807) is 13.0 Å². The van der Waals surface area contributed by atoms with Crippen LogP contribution < -0.4 is 10.6 Å². The zero-order valence-electron chi connectivity index (χ0n) is 14.1. The van der Waals surface area contributed by atoms with Gasteiger partial charge in [0.15, 0.2) is 0 Å². The van der Waals surface area contributed by atoms with Crippen molar-refractivity contribution in [3.8, 4) is 11.1 Å². The molecule has 0 spiro atoms. The Hall–Kier alpha value is -2.52. The number of anilines is 1. The van der Waals surface area contributed by atoms with E-state index >= 15 is 0 Å². The van der Waals surface area contributed by atoms with Gasteiger partial charge in [0.05, 0.1) is 11.8 Å². The quantitative estimate of drug-likeness (QED) is 0.851. The highest BCUT2D eigenvalue weighted by molar-refractivity contribution is 7.90. The molecule has 26 heavy (non-hydrogen) atoms. The number of hydrogen-bond donors (Lipinski definition) is 2. The largest absolute Gasteiger partial charge is 0.380 e. The number of halogens is 2. The third-order valence-corrected chi connectivity index (χ3v) is 5.21. The SMILES string of the molecule is CO[C@H](C)CNC1=NS(=O)(=O)c2cccc(-c3cc(F)cc(F)c3)c2N1. The molecule has 0 aromatic heterocycles. The molecule has 6 nitrogen and oxygen atoms in total. The van der Waals surface area contributed by atoms with E-state index in [1.807, 2.05) is 0 Å². The summed E-state index contributed by atoms with van der Waals surface area (Å²) < 4.78 is 60.9. The summed E-state index contributed by atoms with van der Waals surface area (Å²) in [6.45, 7) is 2.13. The lowest BCUT2D eigenvalue weighted by atomic mass is 10.0. The van der Waals surface area contributed by atoms with Crippen molar-refractivity contribution in [3.63, 3.8) is 0 Å². The van der Waals surface area contributed by atoms with Gasteiger partial charge in [0.2, 0.25) is 5.96 Å². The molecule has 1 heterocycles. The highest BCUT2D eigenvalue weighted by Crippen LogP contribution is 2.36. The van der Waals surface area contributed by atoms with Gasteiger partial charge in [0, 0.05) is 25.3 Å². The van der Waals surface area contributed by atoms with Crippen LogP contribution in [0, 0.1) is 11.6 Å². The molecule has 1 aliphatic rings. The number of ether oxygens (including phenoxy) is 1. The molecule has 0 aliphatic carbocycles. The molecule has 2 N–H and O–H groups in total. The van der Waals surface area contributed by atoms with Crippen LogP contribution in [-0.4, -0.2) is 34.1 Å². The van der Waals surface area contributed by atoms with Gasteiger partial charge in [-0.05, 0) is 30.7 Å². The fraction of sp³-hybridized carbons (Fsp3) is 0.235. The van der Waals surface area contributed by atoms with Crippen molar-refractivity contribution in [3.05, 3.63) is 48.0 Å². The average molecular weight is 381 g/mol. The third-order valence-electron chi connectivity index (χ3n) is 3.89. The van der Waals surface area contributed by atoms with E-state index in [-0.39, 0.29) is 28.2 Å². The molecule has 1 aliphatic heterocycles. The van der Waals surface area contributed by atoms with Crippen LogP contribution in [-0.2, 0) is 14.8 Å². The lowest BCUT2D eigenvalue weighted by Gasteiger charge is -2.22. The van der Waals surface area contributed by atoms with E-state index in [4.69, 9.17) is 4.74 Å². The summed E-state index contributed by atoms with van der Waals surface area (Å²) in [5.41, 5.74) is 0.770. The van der Waals surface area contributed by atoms with Crippen molar-refractivity contribution in [1.82, 2.24) is 5.32 Å². The van der Waals surface area contributed by atoms with Crippen molar-refractivity contribution in [2.75, 3.05) is 19.0 Å². The van der Waals surface area contributed by atoms with Crippen LogP contribution in [0.3, 0.4) is 0 Å². The van der Waals surface area contributed by atoms with Crippen LogP contribution in [0.15, 0.2) is 45.7 Å². The first-order chi connectivity index (χ1) is 12.3. The number of guanidine groups is 1.